The Kier molecular flexibility index (Phi) is 7.10. The summed E-state index contributed by atoms with van der Waals surface area (Å²) in [5.41, 5.74) is 1.66. The van der Waals surface area contributed by atoms with Gasteiger partial charge in [-0.25, -0.2) is 18.7 Å². The Morgan fingerprint density at radius 3 is 2.73 bits per heavy atom. The summed E-state index contributed by atoms with van der Waals surface area (Å²) in [5, 5.41) is 3.34. The molecule has 5 atom stereocenters. The quantitative estimate of drug-likeness (QED) is 0.589. The van der Waals surface area contributed by atoms with E-state index in [-0.39, 0.29) is 35.9 Å². The topological polar surface area (TPSA) is 84.9 Å². The van der Waals surface area contributed by atoms with Gasteiger partial charge in [0.05, 0.1) is 23.5 Å². The number of nitrogens with zero attached hydrogens (tertiary/aromatic N) is 6. The van der Waals surface area contributed by atoms with Gasteiger partial charge in [0.1, 0.15) is 24.0 Å². The van der Waals surface area contributed by atoms with Gasteiger partial charge in [-0.05, 0) is 58.2 Å². The van der Waals surface area contributed by atoms with Gasteiger partial charge in [-0.2, -0.15) is 0 Å². The zero-order valence-electron chi connectivity index (χ0n) is 23.3. The van der Waals surface area contributed by atoms with E-state index in [1.54, 1.807) is 17.2 Å². The number of fused-ring (bicyclic) bond motifs is 3. The molecule has 3 aliphatic heterocycles. The molecule has 2 bridgehead atoms. The summed E-state index contributed by atoms with van der Waals surface area (Å²) < 4.78 is 28.8. The zero-order chi connectivity index (χ0) is 28.1. The fourth-order valence-corrected chi connectivity index (χ4v) is 7.11. The third kappa shape index (κ3) is 4.57. The third-order valence-electron chi connectivity index (χ3n) is 9.06. The lowest BCUT2D eigenvalue weighted by Gasteiger charge is -2.41. The lowest BCUT2D eigenvalue weighted by atomic mass is 9.97. The van der Waals surface area contributed by atoms with Crippen LogP contribution in [-0.4, -0.2) is 94.6 Å². The first kappa shape index (κ1) is 26.9. The Bertz CT molecular complexity index is 1290. The molecule has 4 heterocycles. The molecule has 1 saturated carbocycles. The molecule has 214 valence electrons. The summed E-state index contributed by atoms with van der Waals surface area (Å²) in [5.74, 6) is -0.182. The van der Waals surface area contributed by atoms with Crippen molar-refractivity contribution >= 4 is 29.0 Å². The number of rotatable bonds is 6. The Balaban J connectivity index is 1.24. The van der Waals surface area contributed by atoms with Crippen LogP contribution in [0.4, 0.5) is 26.0 Å². The molecule has 2 saturated heterocycles. The molecule has 40 heavy (non-hydrogen) atoms. The zero-order valence-corrected chi connectivity index (χ0v) is 23.3. The van der Waals surface area contributed by atoms with Gasteiger partial charge < -0.3 is 24.9 Å². The average Bonchev–Trinajstić information content (AvgIpc) is 3.68. The van der Waals surface area contributed by atoms with Gasteiger partial charge >= 0.3 is 0 Å². The molecule has 1 aromatic carbocycles. The minimum atomic E-state index is -0.900. The summed E-state index contributed by atoms with van der Waals surface area (Å²) in [4.78, 5) is 43.5. The van der Waals surface area contributed by atoms with Crippen LogP contribution in [0.1, 0.15) is 50.4 Å². The van der Waals surface area contributed by atoms with Crippen molar-refractivity contribution < 1.29 is 18.4 Å². The first-order valence-corrected chi connectivity index (χ1v) is 14.4. The molecular formula is C29H37F2N7O2. The second-order valence-corrected chi connectivity index (χ2v) is 11.6. The predicted octanol–water partition coefficient (Wildman–Crippen LogP) is 3.13. The summed E-state index contributed by atoms with van der Waals surface area (Å²) in [6.07, 6.45) is 4.36. The molecule has 9 nitrogen and oxygen atoms in total. The van der Waals surface area contributed by atoms with Gasteiger partial charge in [-0.15, -0.1) is 0 Å². The van der Waals surface area contributed by atoms with Crippen molar-refractivity contribution in [2.75, 3.05) is 42.5 Å². The molecule has 0 spiro atoms. The lowest BCUT2D eigenvalue weighted by molar-refractivity contribution is -0.134. The van der Waals surface area contributed by atoms with Gasteiger partial charge in [-0.1, -0.05) is 0 Å². The summed E-state index contributed by atoms with van der Waals surface area (Å²) in [7, 11) is 0. The number of aromatic nitrogens is 2. The standard InChI is InChI=1S/C29H37F2N7O2/c1-4-36(17(2)3)28(39)22-11-18(30)5-6-24(22)38-10-9-37(27-25(38)14-32-16-33-27)20-7-8-35(15-20)29(40)26-21-12-19(34-26)13-23(21)31/h5-6,11,14,16-17,19-21,23,26,34H,4,7-10,12-13,15H2,1-3H3/t19-,20-,21+,23-,26-/m0/s1. The Labute approximate surface area is 233 Å². The highest BCUT2D eigenvalue weighted by molar-refractivity contribution is 6.01. The number of alkyl halides is 1. The number of carbonyl (C=O) groups is 2. The van der Waals surface area contributed by atoms with Crippen LogP contribution in [0, 0.1) is 11.7 Å². The molecule has 0 radical (unpaired) electrons. The van der Waals surface area contributed by atoms with Gasteiger partial charge in [0, 0.05) is 56.8 Å². The van der Waals surface area contributed by atoms with Crippen molar-refractivity contribution in [3.8, 4) is 0 Å². The normalized spacial score (nSPS) is 27.4. The average molecular weight is 554 g/mol. The maximum Gasteiger partial charge on any atom is 0.256 e. The van der Waals surface area contributed by atoms with E-state index >= 15 is 0 Å². The number of anilines is 3. The van der Waals surface area contributed by atoms with E-state index in [0.717, 1.165) is 24.3 Å². The monoisotopic (exact) mass is 553 g/mol. The summed E-state index contributed by atoms with van der Waals surface area (Å²) >= 11 is 0. The molecular weight excluding hydrogens is 516 g/mol. The van der Waals surface area contributed by atoms with Crippen molar-refractivity contribution in [3.05, 3.63) is 42.1 Å². The van der Waals surface area contributed by atoms with Gasteiger partial charge in [0.25, 0.3) is 5.91 Å². The van der Waals surface area contributed by atoms with Gasteiger partial charge in [0.2, 0.25) is 5.91 Å². The Hall–Kier alpha value is -3.34. The number of amides is 2. The SMILES string of the molecule is CCN(C(=O)c1cc(F)ccc1N1CCN([C@H]2CCN(C(=O)[C@H]3N[C@H]4C[C@@H]3[C@@H](F)C4)C2)c2ncncc21)C(C)C. The lowest BCUT2D eigenvalue weighted by Crippen LogP contribution is -2.52. The molecule has 1 aliphatic carbocycles. The molecule has 1 N–H and O–H groups in total. The minimum Gasteiger partial charge on any atom is -0.348 e. The molecule has 1 aromatic heterocycles. The predicted molar refractivity (Wildman–Crippen MR) is 148 cm³/mol. The number of benzene rings is 1. The number of likely N-dealkylation sites (tertiary alicyclic amines) is 1. The molecule has 11 heteroatoms. The molecule has 6 rings (SSSR count). The van der Waals surface area contributed by atoms with E-state index in [4.69, 9.17) is 0 Å². The molecule has 2 amide bonds. The van der Waals surface area contributed by atoms with Crippen molar-refractivity contribution in [2.24, 2.45) is 5.92 Å². The van der Waals surface area contributed by atoms with E-state index in [9.17, 15) is 18.4 Å². The maximum atomic E-state index is 14.4. The van der Waals surface area contributed by atoms with Crippen LogP contribution in [0.3, 0.4) is 0 Å². The van der Waals surface area contributed by atoms with Crippen molar-refractivity contribution in [3.63, 3.8) is 0 Å². The number of carbonyl (C=O) groups excluding carboxylic acids is 2. The fraction of sp³-hybridized carbons (Fsp3) is 0.586. The van der Waals surface area contributed by atoms with E-state index in [1.165, 1.54) is 18.5 Å². The van der Waals surface area contributed by atoms with Crippen molar-refractivity contribution in [1.82, 2.24) is 25.1 Å². The smallest absolute Gasteiger partial charge is 0.256 e. The van der Waals surface area contributed by atoms with Crippen LogP contribution in [0.5, 0.6) is 0 Å². The van der Waals surface area contributed by atoms with E-state index < -0.39 is 18.0 Å². The third-order valence-corrected chi connectivity index (χ3v) is 9.06. The second kappa shape index (κ2) is 10.6. The van der Waals surface area contributed by atoms with Crippen molar-refractivity contribution in [2.45, 2.75) is 70.4 Å². The van der Waals surface area contributed by atoms with Crippen LogP contribution in [-0.2, 0) is 4.79 Å². The Morgan fingerprint density at radius 1 is 1.18 bits per heavy atom. The largest absolute Gasteiger partial charge is 0.348 e. The van der Waals surface area contributed by atoms with E-state index in [1.807, 2.05) is 30.6 Å². The van der Waals surface area contributed by atoms with Crippen LogP contribution < -0.4 is 15.1 Å². The number of hydrogen-bond acceptors (Lipinski definition) is 7. The maximum absolute atomic E-state index is 14.4. The van der Waals surface area contributed by atoms with E-state index in [0.29, 0.717) is 50.4 Å². The highest BCUT2D eigenvalue weighted by atomic mass is 19.1. The highest BCUT2D eigenvalue weighted by Gasteiger charge is 2.51. The number of piperidine rings is 1. The van der Waals surface area contributed by atoms with Crippen molar-refractivity contribution in [1.29, 1.82) is 0 Å². The fourth-order valence-electron chi connectivity index (χ4n) is 7.11. The molecule has 3 fully saturated rings. The summed E-state index contributed by atoms with van der Waals surface area (Å²) in [6, 6.07) is 4.05. The Morgan fingerprint density at radius 2 is 2.00 bits per heavy atom. The second-order valence-electron chi connectivity index (χ2n) is 11.6. The molecule has 0 unspecified atom stereocenters. The van der Waals surface area contributed by atoms with Gasteiger partial charge in [-0.3, -0.25) is 9.59 Å². The van der Waals surface area contributed by atoms with Crippen LogP contribution >= 0.6 is 0 Å². The first-order valence-electron chi connectivity index (χ1n) is 14.4. The van der Waals surface area contributed by atoms with Gasteiger partial charge in [0.15, 0.2) is 5.82 Å². The molecule has 2 aromatic rings. The molecule has 4 aliphatic rings. The first-order chi connectivity index (χ1) is 19.3. The highest BCUT2D eigenvalue weighted by Crippen LogP contribution is 2.41. The number of hydrogen-bond donors (Lipinski definition) is 1. The van der Waals surface area contributed by atoms with Crippen LogP contribution in [0.15, 0.2) is 30.7 Å². The van der Waals surface area contributed by atoms with Crippen LogP contribution in [0.2, 0.25) is 0 Å². The summed E-state index contributed by atoms with van der Waals surface area (Å²) in [6.45, 7) is 8.65. The van der Waals surface area contributed by atoms with E-state index in [2.05, 4.69) is 20.2 Å². The number of halogens is 2. The number of nitrogens with one attached hydrogen (secondary N) is 1. The minimum absolute atomic E-state index is 0.000931. The van der Waals surface area contributed by atoms with Crippen LogP contribution in [0.25, 0.3) is 0 Å².